The van der Waals surface area contributed by atoms with Gasteiger partial charge in [0.1, 0.15) is 5.69 Å². The number of nitrogens with zero attached hydrogens (tertiary/aromatic N) is 2. The van der Waals surface area contributed by atoms with Crippen LogP contribution < -0.4 is 9.47 Å². The first kappa shape index (κ1) is 17.0. The molecule has 0 atom stereocenters. The van der Waals surface area contributed by atoms with Gasteiger partial charge < -0.3 is 14.2 Å². The Morgan fingerprint density at radius 2 is 2.19 bits per heavy atom. The van der Waals surface area contributed by atoms with E-state index in [4.69, 9.17) is 14.2 Å². The fourth-order valence-electron chi connectivity index (χ4n) is 1.93. The first-order valence-electron chi connectivity index (χ1n) is 6.70. The van der Waals surface area contributed by atoms with E-state index in [0.717, 1.165) is 0 Å². The van der Waals surface area contributed by atoms with Crippen LogP contribution in [0, 0.1) is 0 Å². The lowest BCUT2D eigenvalue weighted by Gasteiger charge is -2.20. The van der Waals surface area contributed by atoms with E-state index in [2.05, 4.69) is 11.6 Å². The monoisotopic (exact) mass is 294 g/mol. The number of esters is 1. The molecular weight excluding hydrogens is 272 g/mol. The lowest BCUT2D eigenvalue weighted by Crippen LogP contribution is -2.31. The fourth-order valence-corrected chi connectivity index (χ4v) is 1.93. The molecule has 0 bridgehead atoms. The summed E-state index contributed by atoms with van der Waals surface area (Å²) in [5, 5.41) is 0. The summed E-state index contributed by atoms with van der Waals surface area (Å²) in [6.07, 6.45) is 3.37. The minimum Gasteiger partial charge on any atom is -0.493 e. The van der Waals surface area contributed by atoms with Gasteiger partial charge in [0.15, 0.2) is 11.5 Å². The highest BCUT2D eigenvalue weighted by Crippen LogP contribution is 2.29. The average molecular weight is 294 g/mol. The van der Waals surface area contributed by atoms with Crippen molar-refractivity contribution in [1.29, 1.82) is 0 Å². The second kappa shape index (κ2) is 8.97. The molecule has 0 fully saturated rings. The van der Waals surface area contributed by atoms with Crippen molar-refractivity contribution in [1.82, 2.24) is 9.88 Å². The van der Waals surface area contributed by atoms with Gasteiger partial charge in [0.25, 0.3) is 0 Å². The fraction of sp³-hybridized carbons (Fsp3) is 0.467. The lowest BCUT2D eigenvalue weighted by molar-refractivity contribution is -0.144. The van der Waals surface area contributed by atoms with Crippen molar-refractivity contribution in [2.24, 2.45) is 0 Å². The SMILES string of the molecule is C=CCN(CC(=O)OCC)Cc1nccc(OC)c1OC. The molecule has 0 spiro atoms. The Labute approximate surface area is 125 Å². The summed E-state index contributed by atoms with van der Waals surface area (Å²) in [5.74, 6) is 0.899. The Hall–Kier alpha value is -2.08. The second-order valence-corrected chi connectivity index (χ2v) is 4.26. The van der Waals surface area contributed by atoms with Crippen LogP contribution in [0.4, 0.5) is 0 Å². The Kier molecular flexibility index (Phi) is 7.25. The highest BCUT2D eigenvalue weighted by atomic mass is 16.5. The van der Waals surface area contributed by atoms with E-state index < -0.39 is 0 Å². The molecule has 1 rings (SSSR count). The van der Waals surface area contributed by atoms with Crippen LogP contribution in [0.1, 0.15) is 12.6 Å². The molecule has 1 heterocycles. The molecule has 0 radical (unpaired) electrons. The predicted molar refractivity (Wildman–Crippen MR) is 79.4 cm³/mol. The predicted octanol–water partition coefficient (Wildman–Crippen LogP) is 1.65. The quantitative estimate of drug-likeness (QED) is 0.510. The van der Waals surface area contributed by atoms with Gasteiger partial charge >= 0.3 is 5.97 Å². The number of hydrogen-bond acceptors (Lipinski definition) is 6. The van der Waals surface area contributed by atoms with Crippen LogP contribution >= 0.6 is 0 Å². The van der Waals surface area contributed by atoms with Crippen LogP contribution in [0.15, 0.2) is 24.9 Å². The van der Waals surface area contributed by atoms with Crippen molar-refractivity contribution in [2.75, 3.05) is 33.9 Å². The van der Waals surface area contributed by atoms with Crippen LogP contribution in [-0.2, 0) is 16.1 Å². The molecular formula is C15H22N2O4. The molecule has 1 aromatic heterocycles. The van der Waals surface area contributed by atoms with Gasteiger partial charge in [-0.1, -0.05) is 6.08 Å². The largest absolute Gasteiger partial charge is 0.493 e. The Morgan fingerprint density at radius 1 is 1.43 bits per heavy atom. The van der Waals surface area contributed by atoms with Gasteiger partial charge in [-0.15, -0.1) is 6.58 Å². The Morgan fingerprint density at radius 3 is 2.76 bits per heavy atom. The number of rotatable bonds is 9. The molecule has 6 nitrogen and oxygen atoms in total. The third kappa shape index (κ3) is 5.07. The van der Waals surface area contributed by atoms with Crippen molar-refractivity contribution in [3.63, 3.8) is 0 Å². The summed E-state index contributed by atoms with van der Waals surface area (Å²) < 4.78 is 15.6. The minimum absolute atomic E-state index is 0.169. The van der Waals surface area contributed by atoms with E-state index in [1.54, 1.807) is 39.5 Å². The van der Waals surface area contributed by atoms with Crippen molar-refractivity contribution >= 4 is 5.97 Å². The van der Waals surface area contributed by atoms with Gasteiger partial charge in [-0.2, -0.15) is 0 Å². The summed E-state index contributed by atoms with van der Waals surface area (Å²) in [4.78, 5) is 17.8. The topological polar surface area (TPSA) is 60.9 Å². The molecule has 0 aliphatic heterocycles. The zero-order valence-electron chi connectivity index (χ0n) is 12.8. The van der Waals surface area contributed by atoms with Crippen LogP contribution in [0.2, 0.25) is 0 Å². The van der Waals surface area contributed by atoms with Crippen molar-refractivity contribution in [3.05, 3.63) is 30.6 Å². The molecule has 0 aromatic carbocycles. The van der Waals surface area contributed by atoms with Gasteiger partial charge in [0.2, 0.25) is 0 Å². The summed E-state index contributed by atoms with van der Waals surface area (Å²) in [5.41, 5.74) is 0.697. The van der Waals surface area contributed by atoms with Gasteiger partial charge in [-0.25, -0.2) is 0 Å². The lowest BCUT2D eigenvalue weighted by atomic mass is 10.2. The first-order valence-corrected chi connectivity index (χ1v) is 6.70. The summed E-state index contributed by atoms with van der Waals surface area (Å²) in [7, 11) is 3.13. The van der Waals surface area contributed by atoms with Crippen molar-refractivity contribution in [3.8, 4) is 11.5 Å². The average Bonchev–Trinajstić information content (AvgIpc) is 2.47. The van der Waals surface area contributed by atoms with Gasteiger partial charge in [-0.3, -0.25) is 14.7 Å². The molecule has 0 aliphatic carbocycles. The molecule has 21 heavy (non-hydrogen) atoms. The zero-order chi connectivity index (χ0) is 15.7. The number of methoxy groups -OCH3 is 2. The number of carbonyl (C=O) groups is 1. The highest BCUT2D eigenvalue weighted by molar-refractivity contribution is 5.71. The molecule has 0 saturated heterocycles. The van der Waals surface area contributed by atoms with E-state index in [-0.39, 0.29) is 12.5 Å². The van der Waals surface area contributed by atoms with Gasteiger partial charge in [0, 0.05) is 25.4 Å². The van der Waals surface area contributed by atoms with E-state index in [1.807, 2.05) is 4.90 Å². The third-order valence-electron chi connectivity index (χ3n) is 2.78. The number of ether oxygens (including phenoxy) is 3. The Balaban J connectivity index is 2.88. The molecule has 0 unspecified atom stereocenters. The van der Waals surface area contributed by atoms with Crippen LogP contribution in [0.3, 0.4) is 0 Å². The zero-order valence-corrected chi connectivity index (χ0v) is 12.8. The van der Waals surface area contributed by atoms with Crippen molar-refractivity contribution < 1.29 is 19.0 Å². The standard InChI is InChI=1S/C15H22N2O4/c1-5-9-17(11-14(18)21-6-2)10-12-15(20-4)13(19-3)7-8-16-12/h5,7-8H,1,6,9-11H2,2-4H3. The number of carbonyl (C=O) groups excluding carboxylic acids is 1. The molecule has 0 amide bonds. The number of aromatic nitrogens is 1. The first-order chi connectivity index (χ1) is 10.2. The summed E-state index contributed by atoms with van der Waals surface area (Å²) in [6.45, 7) is 6.99. The maximum Gasteiger partial charge on any atom is 0.320 e. The molecule has 0 saturated carbocycles. The molecule has 116 valence electrons. The van der Waals surface area contributed by atoms with Gasteiger partial charge in [0.05, 0.1) is 27.4 Å². The minimum atomic E-state index is -0.277. The number of pyridine rings is 1. The molecule has 6 heteroatoms. The van der Waals surface area contributed by atoms with Gasteiger partial charge in [-0.05, 0) is 6.92 Å². The van der Waals surface area contributed by atoms with Crippen LogP contribution in [-0.4, -0.2) is 49.8 Å². The maximum absolute atomic E-state index is 11.6. The maximum atomic E-state index is 11.6. The van der Waals surface area contributed by atoms with Crippen molar-refractivity contribution in [2.45, 2.75) is 13.5 Å². The third-order valence-corrected chi connectivity index (χ3v) is 2.78. The van der Waals surface area contributed by atoms with E-state index in [1.165, 1.54) is 0 Å². The summed E-state index contributed by atoms with van der Waals surface area (Å²) in [6, 6.07) is 1.73. The molecule has 0 N–H and O–H groups in total. The van der Waals surface area contributed by atoms with E-state index >= 15 is 0 Å². The molecule has 1 aromatic rings. The van der Waals surface area contributed by atoms with Crippen LogP contribution in [0.25, 0.3) is 0 Å². The summed E-state index contributed by atoms with van der Waals surface area (Å²) >= 11 is 0. The van der Waals surface area contributed by atoms with Crippen LogP contribution in [0.5, 0.6) is 11.5 Å². The smallest absolute Gasteiger partial charge is 0.320 e. The van der Waals surface area contributed by atoms with E-state index in [0.29, 0.717) is 36.9 Å². The number of hydrogen-bond donors (Lipinski definition) is 0. The highest BCUT2D eigenvalue weighted by Gasteiger charge is 2.16. The Bertz CT molecular complexity index is 477. The normalized spacial score (nSPS) is 10.3. The van der Waals surface area contributed by atoms with E-state index in [9.17, 15) is 4.79 Å². The molecule has 0 aliphatic rings. The second-order valence-electron chi connectivity index (χ2n) is 4.26.